The molecule has 0 amide bonds. The highest BCUT2D eigenvalue weighted by Crippen LogP contribution is 2.53. The van der Waals surface area contributed by atoms with Gasteiger partial charge in [-0.3, -0.25) is 0 Å². The summed E-state index contributed by atoms with van der Waals surface area (Å²) in [5, 5.41) is 0. The van der Waals surface area contributed by atoms with Gasteiger partial charge in [-0.25, -0.2) is 4.39 Å². The van der Waals surface area contributed by atoms with Gasteiger partial charge in [-0.2, -0.15) is 13.2 Å². The zero-order valence-electron chi connectivity index (χ0n) is 16.7. The largest absolute Gasteiger partial charge is 0.457 e. The van der Waals surface area contributed by atoms with Crippen molar-refractivity contribution in [3.05, 3.63) is 120 Å². The molecule has 0 aromatic heterocycles. The van der Waals surface area contributed by atoms with Gasteiger partial charge < -0.3 is 9.47 Å². The Hall–Kier alpha value is -3.80. The fourth-order valence-electron chi connectivity index (χ4n) is 3.36. The van der Waals surface area contributed by atoms with Crippen LogP contribution in [0.15, 0.2) is 109 Å². The number of ether oxygens (including phenoxy) is 2. The molecule has 0 radical (unpaired) electrons. The van der Waals surface area contributed by atoms with Gasteiger partial charge in [0.1, 0.15) is 23.0 Å². The quantitative estimate of drug-likeness (QED) is 0.284. The molecule has 0 saturated carbocycles. The number of hydrogen-bond acceptors (Lipinski definition) is 2. The van der Waals surface area contributed by atoms with Crippen LogP contribution in [0.3, 0.4) is 0 Å². The molecule has 0 aliphatic rings. The van der Waals surface area contributed by atoms with Crippen LogP contribution in [0.4, 0.5) is 17.6 Å². The van der Waals surface area contributed by atoms with Gasteiger partial charge in [-0.1, -0.05) is 72.8 Å². The predicted molar refractivity (Wildman–Crippen MR) is 114 cm³/mol. The van der Waals surface area contributed by atoms with Crippen LogP contribution in [0.5, 0.6) is 23.0 Å². The van der Waals surface area contributed by atoms with Crippen molar-refractivity contribution in [2.24, 2.45) is 0 Å². The summed E-state index contributed by atoms with van der Waals surface area (Å²) in [6.07, 6.45) is -5.29. The summed E-state index contributed by atoms with van der Waals surface area (Å²) in [6.45, 7) is 0. The van der Waals surface area contributed by atoms with Crippen LogP contribution >= 0.6 is 0 Å². The minimum Gasteiger partial charge on any atom is -0.457 e. The minimum absolute atomic E-state index is 0.243. The Kier molecular flexibility index (Phi) is 5.86. The summed E-state index contributed by atoms with van der Waals surface area (Å²) >= 11 is 0. The van der Waals surface area contributed by atoms with Crippen LogP contribution in [-0.4, -0.2) is 6.18 Å². The second-order valence-electron chi connectivity index (χ2n) is 6.98. The molecular formula is C26H18F4O2. The highest BCUT2D eigenvalue weighted by atomic mass is 19.4. The lowest BCUT2D eigenvalue weighted by Crippen LogP contribution is -2.39. The zero-order chi connectivity index (χ0) is 22.6. The molecule has 32 heavy (non-hydrogen) atoms. The van der Waals surface area contributed by atoms with Gasteiger partial charge in [0.2, 0.25) is 0 Å². The number of rotatable bonds is 6. The van der Waals surface area contributed by atoms with Gasteiger partial charge in [0, 0.05) is 11.1 Å². The second-order valence-corrected chi connectivity index (χ2v) is 6.98. The Balaban J connectivity index is 1.86. The Morgan fingerprint density at radius 2 is 0.781 bits per heavy atom. The lowest BCUT2D eigenvalue weighted by atomic mass is 9.86. The van der Waals surface area contributed by atoms with E-state index >= 15 is 4.39 Å². The molecule has 0 spiro atoms. The van der Waals surface area contributed by atoms with Gasteiger partial charge in [0.05, 0.1) is 0 Å². The molecule has 162 valence electrons. The first kappa shape index (κ1) is 21.4. The van der Waals surface area contributed by atoms with Gasteiger partial charge in [-0.05, 0) is 36.4 Å². The third-order valence-electron chi connectivity index (χ3n) is 4.85. The average Bonchev–Trinajstić information content (AvgIpc) is 2.80. The van der Waals surface area contributed by atoms with E-state index in [-0.39, 0.29) is 11.5 Å². The predicted octanol–water partition coefficient (Wildman–Crippen LogP) is 8.05. The molecule has 4 rings (SSSR count). The number of benzene rings is 4. The van der Waals surface area contributed by atoms with Crippen molar-refractivity contribution in [3.8, 4) is 23.0 Å². The number of para-hydroxylation sites is 4. The highest BCUT2D eigenvalue weighted by Gasteiger charge is 2.61. The fourth-order valence-corrected chi connectivity index (χ4v) is 3.36. The SMILES string of the molecule is FC(F)(F)C(F)(c1ccccc1Oc1ccccc1)c1ccccc1Oc1ccccc1. The summed E-state index contributed by atoms with van der Waals surface area (Å²) in [7, 11) is 0. The second kappa shape index (κ2) is 8.75. The summed E-state index contributed by atoms with van der Waals surface area (Å²) in [5.74, 6) is 0.0951. The first-order chi connectivity index (χ1) is 15.4. The van der Waals surface area contributed by atoms with Crippen molar-refractivity contribution < 1.29 is 27.0 Å². The fraction of sp³-hybridized carbons (Fsp3) is 0.0769. The topological polar surface area (TPSA) is 18.5 Å². The molecule has 2 nitrogen and oxygen atoms in total. The molecule has 0 N–H and O–H groups in total. The van der Waals surface area contributed by atoms with Crippen molar-refractivity contribution in [1.82, 2.24) is 0 Å². The molecule has 6 heteroatoms. The minimum atomic E-state index is -5.29. The van der Waals surface area contributed by atoms with E-state index in [1.54, 1.807) is 60.7 Å². The van der Waals surface area contributed by atoms with Crippen molar-refractivity contribution in [3.63, 3.8) is 0 Å². The zero-order valence-corrected chi connectivity index (χ0v) is 16.7. The number of hydrogen-bond donors (Lipinski definition) is 0. The molecule has 0 unspecified atom stereocenters. The average molecular weight is 438 g/mol. The maximum Gasteiger partial charge on any atom is 0.431 e. The van der Waals surface area contributed by atoms with Crippen LogP contribution in [0, 0.1) is 0 Å². The van der Waals surface area contributed by atoms with Crippen LogP contribution in [-0.2, 0) is 5.67 Å². The normalized spacial score (nSPS) is 11.8. The summed E-state index contributed by atoms with van der Waals surface area (Å²) in [5.41, 5.74) is -5.22. The molecule has 0 saturated heterocycles. The van der Waals surface area contributed by atoms with Crippen molar-refractivity contribution in [2.75, 3.05) is 0 Å². The smallest absolute Gasteiger partial charge is 0.431 e. The molecule has 0 aliphatic heterocycles. The van der Waals surface area contributed by atoms with Gasteiger partial charge >= 0.3 is 6.18 Å². The van der Waals surface area contributed by atoms with Gasteiger partial charge in [0.15, 0.2) is 0 Å². The van der Waals surface area contributed by atoms with Gasteiger partial charge in [0.25, 0.3) is 5.67 Å². The van der Waals surface area contributed by atoms with Crippen molar-refractivity contribution >= 4 is 0 Å². The molecule has 0 aliphatic carbocycles. The number of alkyl halides is 4. The lowest BCUT2D eigenvalue weighted by molar-refractivity contribution is -0.220. The van der Waals surface area contributed by atoms with E-state index in [2.05, 4.69) is 0 Å². The van der Waals surface area contributed by atoms with Crippen molar-refractivity contribution in [2.45, 2.75) is 11.8 Å². The van der Waals surface area contributed by atoms with E-state index in [0.717, 1.165) is 12.1 Å². The van der Waals surface area contributed by atoms with Crippen LogP contribution in [0.2, 0.25) is 0 Å². The van der Waals surface area contributed by atoms with E-state index in [1.807, 2.05) is 0 Å². The van der Waals surface area contributed by atoms with Crippen LogP contribution in [0.1, 0.15) is 11.1 Å². The van der Waals surface area contributed by atoms with E-state index in [0.29, 0.717) is 11.5 Å². The summed E-state index contributed by atoms with van der Waals surface area (Å²) in [4.78, 5) is 0. The Morgan fingerprint density at radius 1 is 0.438 bits per heavy atom. The first-order valence-corrected chi connectivity index (χ1v) is 9.80. The summed E-state index contributed by atoms with van der Waals surface area (Å²) in [6, 6.07) is 26.9. The van der Waals surface area contributed by atoms with Crippen LogP contribution < -0.4 is 9.47 Å². The molecule has 0 bridgehead atoms. The maximum atomic E-state index is 16.4. The molecule has 0 heterocycles. The molecule has 0 fully saturated rings. The Labute approximate surface area is 182 Å². The first-order valence-electron chi connectivity index (χ1n) is 9.80. The maximum absolute atomic E-state index is 16.4. The molecule has 0 atom stereocenters. The monoisotopic (exact) mass is 438 g/mol. The van der Waals surface area contributed by atoms with E-state index in [4.69, 9.17) is 9.47 Å². The highest BCUT2D eigenvalue weighted by molar-refractivity contribution is 5.53. The molecule has 4 aromatic carbocycles. The molecular weight excluding hydrogens is 420 g/mol. The number of halogens is 4. The van der Waals surface area contributed by atoms with Crippen LogP contribution in [0.25, 0.3) is 0 Å². The van der Waals surface area contributed by atoms with Gasteiger partial charge in [-0.15, -0.1) is 0 Å². The Morgan fingerprint density at radius 3 is 1.16 bits per heavy atom. The van der Waals surface area contributed by atoms with E-state index in [9.17, 15) is 13.2 Å². The Bertz CT molecular complexity index is 1090. The molecule has 4 aromatic rings. The van der Waals surface area contributed by atoms with E-state index in [1.165, 1.54) is 36.4 Å². The third kappa shape index (κ3) is 4.17. The third-order valence-corrected chi connectivity index (χ3v) is 4.85. The van der Waals surface area contributed by atoms with E-state index < -0.39 is 23.0 Å². The summed E-state index contributed by atoms with van der Waals surface area (Å²) < 4.78 is 71.0. The lowest BCUT2D eigenvalue weighted by Gasteiger charge is -2.31. The standard InChI is InChI=1S/C26H18F4O2/c27-25(26(28,29)30,21-15-7-9-17-23(21)31-19-11-3-1-4-12-19)22-16-8-10-18-24(22)32-20-13-5-2-6-14-20/h1-18H. The van der Waals surface area contributed by atoms with Crippen molar-refractivity contribution in [1.29, 1.82) is 0 Å².